The minimum Gasteiger partial charge on any atom is -0.354 e. The van der Waals surface area contributed by atoms with E-state index in [1.165, 1.54) is 0 Å². The quantitative estimate of drug-likeness (QED) is 0.736. The molecule has 1 aliphatic heterocycles. The lowest BCUT2D eigenvalue weighted by atomic mass is 10.0. The van der Waals surface area contributed by atoms with Crippen molar-refractivity contribution >= 4 is 27.9 Å². The maximum Gasteiger partial charge on any atom is 0.147 e. The number of alkyl halides is 1. The molecule has 0 spiro atoms. The molecule has 1 aromatic carbocycles. The number of halogens is 1. The lowest BCUT2D eigenvalue weighted by Crippen LogP contribution is -2.52. The molecule has 2 atom stereocenters. The molecule has 0 unspecified atom stereocenters. The molecule has 4 rings (SSSR count). The molecule has 0 saturated carbocycles. The number of nitrogens with zero attached hydrogens (tertiary/aromatic N) is 4. The summed E-state index contributed by atoms with van der Waals surface area (Å²) in [6, 6.07) is 8.48. The van der Waals surface area contributed by atoms with Gasteiger partial charge in [0.2, 0.25) is 0 Å². The maximum atomic E-state index is 14.6. The lowest BCUT2D eigenvalue weighted by Gasteiger charge is -2.36. The van der Waals surface area contributed by atoms with E-state index in [-0.39, 0.29) is 6.04 Å². The van der Waals surface area contributed by atoms with Crippen LogP contribution < -0.4 is 10.2 Å². The van der Waals surface area contributed by atoms with Crippen LogP contribution in [0.25, 0.3) is 21.3 Å². The third-order valence-electron chi connectivity index (χ3n) is 4.89. The molecule has 0 amide bonds. The van der Waals surface area contributed by atoms with Gasteiger partial charge in [0, 0.05) is 35.8 Å². The highest BCUT2D eigenvalue weighted by Crippen LogP contribution is 2.29. The Bertz CT molecular complexity index is 941. The van der Waals surface area contributed by atoms with E-state index in [1.807, 2.05) is 24.1 Å². The van der Waals surface area contributed by atoms with Crippen molar-refractivity contribution in [2.45, 2.75) is 45.4 Å². The summed E-state index contributed by atoms with van der Waals surface area (Å²) in [6.45, 7) is 7.24. The van der Waals surface area contributed by atoms with Gasteiger partial charge in [-0.2, -0.15) is 0 Å². The molecule has 2 aromatic heterocycles. The number of benzene rings is 1. The first-order chi connectivity index (χ1) is 13.0. The van der Waals surface area contributed by atoms with Crippen LogP contribution in [0, 0.1) is 6.92 Å². The summed E-state index contributed by atoms with van der Waals surface area (Å²) in [5, 5.41) is 15.7. The Hall–Kier alpha value is -2.12. The largest absolute Gasteiger partial charge is 0.354 e. The molecule has 0 aliphatic carbocycles. The number of fused-ring (bicyclic) bond motifs is 1. The van der Waals surface area contributed by atoms with Gasteiger partial charge in [-0.05, 0) is 30.9 Å². The molecule has 1 saturated heterocycles. The van der Waals surface area contributed by atoms with E-state index in [9.17, 15) is 4.39 Å². The van der Waals surface area contributed by atoms with Crippen LogP contribution in [0.4, 0.5) is 10.2 Å². The fourth-order valence-electron chi connectivity index (χ4n) is 3.58. The summed E-state index contributed by atoms with van der Waals surface area (Å²) in [4.78, 5) is 6.62. The van der Waals surface area contributed by atoms with Gasteiger partial charge < -0.3 is 10.2 Å². The predicted octanol–water partition coefficient (Wildman–Crippen LogP) is 3.98. The molecule has 142 valence electrons. The van der Waals surface area contributed by atoms with Crippen molar-refractivity contribution in [3.05, 3.63) is 35.5 Å². The molecule has 7 heteroatoms. The molecule has 1 aliphatic rings. The third kappa shape index (κ3) is 3.94. The first kappa shape index (κ1) is 18.3. The number of nitrogens with one attached hydrogen (secondary N) is 1. The monoisotopic (exact) mass is 385 g/mol. The fraction of sp³-hybridized carbons (Fsp3) is 0.450. The van der Waals surface area contributed by atoms with Crippen LogP contribution in [0.5, 0.6) is 0 Å². The smallest absolute Gasteiger partial charge is 0.147 e. The molecule has 27 heavy (non-hydrogen) atoms. The first-order valence-electron chi connectivity index (χ1n) is 9.35. The SMILES string of the molecule is Cc1nnc(-c2ccc3cnc(N4CC[C@@H](NC(C)C)[C@H](F)C4)cc3c2)s1. The van der Waals surface area contributed by atoms with Crippen molar-refractivity contribution in [3.63, 3.8) is 0 Å². The van der Waals surface area contributed by atoms with E-state index >= 15 is 0 Å². The molecule has 0 radical (unpaired) electrons. The van der Waals surface area contributed by atoms with E-state index in [0.717, 1.165) is 45.1 Å². The second kappa shape index (κ2) is 7.48. The Balaban J connectivity index is 1.58. The van der Waals surface area contributed by atoms with Crippen molar-refractivity contribution in [2.24, 2.45) is 0 Å². The highest BCUT2D eigenvalue weighted by atomic mass is 32.1. The van der Waals surface area contributed by atoms with Gasteiger partial charge in [-0.15, -0.1) is 10.2 Å². The Morgan fingerprint density at radius 3 is 2.78 bits per heavy atom. The number of hydrogen-bond acceptors (Lipinski definition) is 6. The van der Waals surface area contributed by atoms with Gasteiger partial charge >= 0.3 is 0 Å². The van der Waals surface area contributed by atoms with Crippen LogP contribution in [0.2, 0.25) is 0 Å². The van der Waals surface area contributed by atoms with E-state index in [4.69, 9.17) is 0 Å². The summed E-state index contributed by atoms with van der Waals surface area (Å²) in [7, 11) is 0. The van der Waals surface area contributed by atoms with Gasteiger partial charge in [0.15, 0.2) is 0 Å². The van der Waals surface area contributed by atoms with Crippen molar-refractivity contribution in [2.75, 3.05) is 18.0 Å². The van der Waals surface area contributed by atoms with Gasteiger partial charge in [0.25, 0.3) is 0 Å². The van der Waals surface area contributed by atoms with Crippen LogP contribution in [-0.2, 0) is 0 Å². The van der Waals surface area contributed by atoms with Crippen LogP contribution >= 0.6 is 11.3 Å². The average Bonchev–Trinajstić information content (AvgIpc) is 3.08. The topological polar surface area (TPSA) is 53.9 Å². The second-order valence-electron chi connectivity index (χ2n) is 7.41. The number of hydrogen-bond donors (Lipinski definition) is 1. The number of anilines is 1. The highest BCUT2D eigenvalue weighted by molar-refractivity contribution is 7.14. The molecule has 1 fully saturated rings. The Morgan fingerprint density at radius 1 is 1.22 bits per heavy atom. The fourth-order valence-corrected chi connectivity index (χ4v) is 4.27. The second-order valence-corrected chi connectivity index (χ2v) is 8.59. The highest BCUT2D eigenvalue weighted by Gasteiger charge is 2.30. The Morgan fingerprint density at radius 2 is 2.07 bits per heavy atom. The molecule has 3 aromatic rings. The summed E-state index contributed by atoms with van der Waals surface area (Å²) in [5.41, 5.74) is 1.05. The summed E-state index contributed by atoms with van der Waals surface area (Å²) in [6.07, 6.45) is 1.75. The van der Waals surface area contributed by atoms with Gasteiger partial charge in [-0.3, -0.25) is 0 Å². The third-order valence-corrected chi connectivity index (χ3v) is 5.78. The normalized spacial score (nSPS) is 20.6. The summed E-state index contributed by atoms with van der Waals surface area (Å²) >= 11 is 1.58. The van der Waals surface area contributed by atoms with Gasteiger partial charge in [0.05, 0.1) is 6.54 Å². The Labute approximate surface area is 162 Å². The molecular weight excluding hydrogens is 361 g/mol. The predicted molar refractivity (Wildman–Crippen MR) is 109 cm³/mol. The zero-order valence-electron chi connectivity index (χ0n) is 15.8. The minimum atomic E-state index is -0.894. The van der Waals surface area contributed by atoms with Crippen molar-refractivity contribution in [1.29, 1.82) is 0 Å². The van der Waals surface area contributed by atoms with Crippen LogP contribution in [-0.4, -0.2) is 46.5 Å². The number of piperidine rings is 1. The molecule has 1 N–H and O–H groups in total. The summed E-state index contributed by atoms with van der Waals surface area (Å²) in [5.74, 6) is 0.832. The summed E-state index contributed by atoms with van der Waals surface area (Å²) < 4.78 is 14.6. The van der Waals surface area contributed by atoms with Crippen LogP contribution in [0.3, 0.4) is 0 Å². The molecular formula is C20H24FN5S. The van der Waals surface area contributed by atoms with Gasteiger partial charge in [0.1, 0.15) is 22.0 Å². The van der Waals surface area contributed by atoms with E-state index in [0.29, 0.717) is 12.6 Å². The van der Waals surface area contributed by atoms with Crippen molar-refractivity contribution in [3.8, 4) is 10.6 Å². The standard InChI is InChI=1S/C20H24FN5S/c1-12(2)23-18-6-7-26(11-17(18)21)19-9-16-8-14(4-5-15(16)10-22-19)20-25-24-13(3)27-20/h4-5,8-10,12,17-18,23H,6-7,11H2,1-3H3/t17-,18-/m1/s1. The zero-order chi connectivity index (χ0) is 19.0. The van der Waals surface area contributed by atoms with Crippen LogP contribution in [0.1, 0.15) is 25.3 Å². The first-order valence-corrected chi connectivity index (χ1v) is 10.2. The minimum absolute atomic E-state index is 0.0750. The molecule has 3 heterocycles. The van der Waals surface area contributed by atoms with Crippen LogP contribution in [0.15, 0.2) is 30.5 Å². The average molecular weight is 386 g/mol. The molecule has 0 bridgehead atoms. The van der Waals surface area contributed by atoms with Crippen molar-refractivity contribution in [1.82, 2.24) is 20.5 Å². The van der Waals surface area contributed by atoms with E-state index in [2.05, 4.69) is 52.5 Å². The van der Waals surface area contributed by atoms with E-state index in [1.54, 1.807) is 11.3 Å². The zero-order valence-corrected chi connectivity index (χ0v) is 16.6. The van der Waals surface area contributed by atoms with Gasteiger partial charge in [-0.25, -0.2) is 9.37 Å². The number of pyridine rings is 1. The lowest BCUT2D eigenvalue weighted by molar-refractivity contribution is 0.210. The number of aryl methyl sites for hydroxylation is 1. The van der Waals surface area contributed by atoms with E-state index < -0.39 is 6.17 Å². The van der Waals surface area contributed by atoms with Gasteiger partial charge in [-0.1, -0.05) is 37.3 Å². The molecule has 5 nitrogen and oxygen atoms in total. The Kier molecular flexibility index (Phi) is 5.06. The van der Waals surface area contributed by atoms with Crippen molar-refractivity contribution < 1.29 is 4.39 Å². The number of rotatable bonds is 4. The maximum absolute atomic E-state index is 14.6. The number of aromatic nitrogens is 3.